The third kappa shape index (κ3) is 2.49. The summed E-state index contributed by atoms with van der Waals surface area (Å²) in [4.78, 5) is 12.9. The third-order valence-electron chi connectivity index (χ3n) is 2.56. The molecule has 1 aliphatic heterocycles. The summed E-state index contributed by atoms with van der Waals surface area (Å²) in [6.45, 7) is 5.45. The van der Waals surface area contributed by atoms with Gasteiger partial charge in [0.25, 0.3) is 0 Å². The maximum Gasteiger partial charge on any atom is 0.108 e. The Morgan fingerprint density at radius 1 is 1.36 bits per heavy atom. The summed E-state index contributed by atoms with van der Waals surface area (Å²) in [6.07, 6.45) is 6.11. The van der Waals surface area contributed by atoms with Crippen LogP contribution in [0, 0.1) is 6.20 Å². The van der Waals surface area contributed by atoms with E-state index in [1.807, 2.05) is 0 Å². The first-order chi connectivity index (χ1) is 6.84. The summed E-state index contributed by atoms with van der Waals surface area (Å²) in [5.74, 6) is 0. The van der Waals surface area contributed by atoms with Crippen LogP contribution in [0.1, 0.15) is 5.69 Å². The van der Waals surface area contributed by atoms with Crippen molar-refractivity contribution in [3.05, 3.63) is 24.3 Å². The molecule has 0 spiro atoms. The number of nitrogens with zero attached hydrogens (tertiary/aromatic N) is 4. The minimum atomic E-state index is 0.912. The van der Waals surface area contributed by atoms with Crippen molar-refractivity contribution in [3.63, 3.8) is 0 Å². The quantitative estimate of drug-likeness (QED) is 0.660. The molecule has 0 amide bonds. The van der Waals surface area contributed by atoms with E-state index in [0.717, 1.165) is 38.4 Å². The Morgan fingerprint density at radius 3 is 2.79 bits per heavy atom. The molecule has 1 aromatic rings. The van der Waals surface area contributed by atoms with Gasteiger partial charge in [-0.25, -0.2) is 0 Å². The van der Waals surface area contributed by atoms with E-state index in [0.29, 0.717) is 0 Å². The molecule has 0 atom stereocenters. The Kier molecular flexibility index (Phi) is 3.06. The molecule has 2 heterocycles. The van der Waals surface area contributed by atoms with E-state index in [9.17, 15) is 0 Å². The molecule has 0 bridgehead atoms. The molecule has 14 heavy (non-hydrogen) atoms. The fourth-order valence-electron chi connectivity index (χ4n) is 1.61. The second-order valence-corrected chi connectivity index (χ2v) is 3.72. The fraction of sp³-hybridized carbons (Fsp3) is 0.600. The second kappa shape index (κ2) is 4.48. The molecule has 0 aliphatic carbocycles. The first-order valence-electron chi connectivity index (χ1n) is 4.92. The summed E-state index contributed by atoms with van der Waals surface area (Å²) in [7, 11) is 2.16. The van der Waals surface area contributed by atoms with Gasteiger partial charge in [-0.15, -0.1) is 0 Å². The van der Waals surface area contributed by atoms with Crippen LogP contribution in [-0.2, 0) is 6.54 Å². The summed E-state index contributed by atoms with van der Waals surface area (Å²) in [5, 5.41) is 0. The molecule has 2 rings (SSSR count). The van der Waals surface area contributed by atoms with Crippen LogP contribution >= 0.6 is 0 Å². The van der Waals surface area contributed by atoms with Crippen LogP contribution in [0.25, 0.3) is 0 Å². The Hall–Kier alpha value is -1.00. The SMILES string of the molecule is CN1CCN(Cc2cn[c]cn2)CC1. The molecule has 0 N–H and O–H groups in total. The third-order valence-corrected chi connectivity index (χ3v) is 2.56. The van der Waals surface area contributed by atoms with Gasteiger partial charge in [0.1, 0.15) is 6.20 Å². The number of hydrogen-bond acceptors (Lipinski definition) is 4. The lowest BCUT2D eigenvalue weighted by Gasteiger charge is -2.31. The highest BCUT2D eigenvalue weighted by molar-refractivity contribution is 4.94. The molecular weight excluding hydrogens is 176 g/mol. The first kappa shape index (κ1) is 9.55. The van der Waals surface area contributed by atoms with Crippen LogP contribution in [0.3, 0.4) is 0 Å². The summed E-state index contributed by atoms with van der Waals surface area (Å²) < 4.78 is 0. The predicted molar refractivity (Wildman–Crippen MR) is 53.6 cm³/mol. The minimum absolute atomic E-state index is 0.912. The zero-order chi connectivity index (χ0) is 9.80. The summed E-state index contributed by atoms with van der Waals surface area (Å²) in [6, 6.07) is 0. The molecule has 1 fully saturated rings. The molecule has 1 aliphatic rings. The number of aromatic nitrogens is 2. The Bertz CT molecular complexity index is 267. The maximum atomic E-state index is 4.22. The van der Waals surface area contributed by atoms with Crippen LogP contribution in [0.15, 0.2) is 12.4 Å². The van der Waals surface area contributed by atoms with E-state index in [1.54, 1.807) is 12.4 Å². The topological polar surface area (TPSA) is 32.3 Å². The van der Waals surface area contributed by atoms with Crippen molar-refractivity contribution in [2.45, 2.75) is 6.54 Å². The average molecular weight is 191 g/mol. The van der Waals surface area contributed by atoms with Crippen LogP contribution in [-0.4, -0.2) is 53.0 Å². The summed E-state index contributed by atoms with van der Waals surface area (Å²) >= 11 is 0. The van der Waals surface area contributed by atoms with E-state index >= 15 is 0 Å². The van der Waals surface area contributed by atoms with Gasteiger partial charge in [-0.1, -0.05) is 0 Å². The Labute approximate surface area is 84.6 Å². The average Bonchev–Trinajstić information content (AvgIpc) is 2.23. The molecule has 1 aromatic heterocycles. The van der Waals surface area contributed by atoms with Gasteiger partial charge >= 0.3 is 0 Å². The van der Waals surface area contributed by atoms with E-state index in [4.69, 9.17) is 0 Å². The van der Waals surface area contributed by atoms with Crippen molar-refractivity contribution in [1.29, 1.82) is 0 Å². The lowest BCUT2D eigenvalue weighted by Crippen LogP contribution is -2.44. The molecule has 0 saturated carbocycles. The first-order valence-corrected chi connectivity index (χ1v) is 4.92. The van der Waals surface area contributed by atoms with Gasteiger partial charge in [-0.2, -0.15) is 0 Å². The zero-order valence-electron chi connectivity index (χ0n) is 8.48. The second-order valence-electron chi connectivity index (χ2n) is 3.72. The molecule has 4 heteroatoms. The van der Waals surface area contributed by atoms with Gasteiger partial charge in [0.15, 0.2) is 0 Å². The zero-order valence-corrected chi connectivity index (χ0v) is 8.48. The highest BCUT2D eigenvalue weighted by atomic mass is 15.2. The molecule has 0 unspecified atom stereocenters. The number of piperazine rings is 1. The van der Waals surface area contributed by atoms with Crippen LogP contribution in [0.4, 0.5) is 0 Å². The molecular formula is C10H15N4. The number of hydrogen-bond donors (Lipinski definition) is 0. The van der Waals surface area contributed by atoms with E-state index in [2.05, 4.69) is 33.0 Å². The molecule has 4 nitrogen and oxygen atoms in total. The predicted octanol–water partition coefficient (Wildman–Crippen LogP) is 0.0242. The van der Waals surface area contributed by atoms with E-state index in [1.165, 1.54) is 0 Å². The maximum absolute atomic E-state index is 4.22. The van der Waals surface area contributed by atoms with Crippen molar-refractivity contribution in [1.82, 2.24) is 19.8 Å². The smallest absolute Gasteiger partial charge is 0.108 e. The Balaban J connectivity index is 1.87. The highest BCUT2D eigenvalue weighted by Gasteiger charge is 2.13. The van der Waals surface area contributed by atoms with Crippen molar-refractivity contribution in [3.8, 4) is 0 Å². The molecule has 1 radical (unpaired) electrons. The molecule has 75 valence electrons. The van der Waals surface area contributed by atoms with Crippen LogP contribution < -0.4 is 0 Å². The van der Waals surface area contributed by atoms with Crippen molar-refractivity contribution in [2.75, 3.05) is 33.2 Å². The number of rotatable bonds is 2. The van der Waals surface area contributed by atoms with Crippen molar-refractivity contribution < 1.29 is 0 Å². The Morgan fingerprint density at radius 2 is 2.14 bits per heavy atom. The lowest BCUT2D eigenvalue weighted by atomic mass is 10.3. The van der Waals surface area contributed by atoms with Crippen LogP contribution in [0.2, 0.25) is 0 Å². The fourth-order valence-corrected chi connectivity index (χ4v) is 1.61. The largest absolute Gasteiger partial charge is 0.304 e. The van der Waals surface area contributed by atoms with Gasteiger partial charge < -0.3 is 4.90 Å². The van der Waals surface area contributed by atoms with Gasteiger partial charge in [0.05, 0.1) is 18.1 Å². The lowest BCUT2D eigenvalue weighted by molar-refractivity contribution is 0.147. The summed E-state index contributed by atoms with van der Waals surface area (Å²) in [5.41, 5.74) is 1.04. The highest BCUT2D eigenvalue weighted by Crippen LogP contribution is 2.03. The van der Waals surface area contributed by atoms with E-state index in [-0.39, 0.29) is 0 Å². The molecule has 0 aromatic carbocycles. The van der Waals surface area contributed by atoms with Crippen molar-refractivity contribution in [2.24, 2.45) is 0 Å². The number of likely N-dealkylation sites (N-methyl/N-ethyl adjacent to an activating group) is 1. The van der Waals surface area contributed by atoms with Gasteiger partial charge in [-0.05, 0) is 7.05 Å². The monoisotopic (exact) mass is 191 g/mol. The van der Waals surface area contributed by atoms with E-state index < -0.39 is 0 Å². The van der Waals surface area contributed by atoms with Crippen molar-refractivity contribution >= 4 is 0 Å². The van der Waals surface area contributed by atoms with Crippen LogP contribution in [0.5, 0.6) is 0 Å². The van der Waals surface area contributed by atoms with Gasteiger partial charge in [0, 0.05) is 32.7 Å². The minimum Gasteiger partial charge on any atom is -0.304 e. The normalized spacial score (nSPS) is 19.8. The van der Waals surface area contributed by atoms with Gasteiger partial charge in [0.2, 0.25) is 0 Å². The molecule has 1 saturated heterocycles. The van der Waals surface area contributed by atoms with Gasteiger partial charge in [-0.3, -0.25) is 14.9 Å². The standard InChI is InChI=1S/C10H15N4/c1-13-4-6-14(7-5-13)9-10-8-11-2-3-12-10/h3,8H,4-7,9H2,1H3.